The predicted molar refractivity (Wildman–Crippen MR) is 292 cm³/mol. The molecule has 5 rings (SSSR count). The first kappa shape index (κ1) is 84.7. The van der Waals surface area contributed by atoms with Crippen LogP contribution in [0.15, 0.2) is 72.8 Å². The van der Waals surface area contributed by atoms with Gasteiger partial charge in [-0.1, -0.05) is 116 Å². The van der Waals surface area contributed by atoms with Crippen molar-refractivity contribution in [3.63, 3.8) is 0 Å². The van der Waals surface area contributed by atoms with Crippen molar-refractivity contribution in [2.45, 2.75) is 210 Å². The van der Waals surface area contributed by atoms with E-state index in [9.17, 15) is 114 Å². The molecule has 0 amide bonds. The molecule has 0 aliphatic heterocycles. The third kappa shape index (κ3) is 12.2. The molecule has 0 aliphatic carbocycles. The van der Waals surface area contributed by atoms with Crippen LogP contribution >= 0.6 is 0 Å². The molecule has 0 heterocycles. The van der Waals surface area contributed by atoms with E-state index in [0.29, 0.717) is 0 Å². The fourth-order valence-electron chi connectivity index (χ4n) is 11.6. The summed E-state index contributed by atoms with van der Waals surface area (Å²) in [7, 11) is -9.18. The molecule has 5 aromatic rings. The number of rotatable bonds is 22. The Morgan fingerprint density at radius 1 is 0.270 bits per heavy atom. The predicted octanol–water partition coefficient (Wildman–Crippen LogP) is 24.7. The quantitative estimate of drug-likeness (QED) is 0.0280. The van der Waals surface area contributed by atoms with E-state index < -0.39 is 170 Å². The molecule has 0 saturated heterocycles. The average molecular weight is 1550 g/mol. The molecule has 100 heavy (non-hydrogen) atoms. The summed E-state index contributed by atoms with van der Waals surface area (Å²) < 4.78 is 549. The molecule has 562 valence electrons. The van der Waals surface area contributed by atoms with E-state index in [2.05, 4.69) is 22.9 Å². The summed E-state index contributed by atoms with van der Waals surface area (Å²) in [5.74, 6) is -98.0. The Balaban J connectivity index is 1.78. The van der Waals surface area contributed by atoms with Crippen molar-refractivity contribution in [3.8, 4) is 22.9 Å². The van der Waals surface area contributed by atoms with Crippen molar-refractivity contribution < 1.29 is 167 Å². The summed E-state index contributed by atoms with van der Waals surface area (Å²) in [5.41, 5.74) is -18.2. The first-order valence-electron chi connectivity index (χ1n) is 28.3. The van der Waals surface area contributed by atoms with Gasteiger partial charge in [-0.15, -0.1) is 11.1 Å². The lowest BCUT2D eigenvalue weighted by atomic mass is 9.83. The smallest absolute Gasteiger partial charge is 0.216 e. The Labute approximate surface area is 541 Å². The number of hydrogen-bond acceptors (Lipinski definition) is 0. The van der Waals surface area contributed by atoms with Crippen LogP contribution in [-0.2, 0) is 0 Å². The number of halogens is 38. The van der Waals surface area contributed by atoms with Gasteiger partial charge >= 0.3 is 107 Å². The third-order valence-electron chi connectivity index (χ3n) is 18.0. The van der Waals surface area contributed by atoms with Gasteiger partial charge in [0.15, 0.2) is 0 Å². The SMILES string of the molecule is CC(C)[Si](C#Cc1c2cc3ccccc3cc2c(C#C[Si](CCC(F)(F)C(F)(F)C(F)(F)C(F)(F)C(F)(F)C(F)(F)C(F)(C(F)(F)F)C(F)(F)F)(C(C)C)C(C)C)c2cc3ccccc3cc12)(CCC(F)(F)C(F)(F)C(F)(F)C(F)(F)C(F)(F)C(F)(F)C(F)(C(F)(F)F)C(F)(F)F)C(C)C. The van der Waals surface area contributed by atoms with Gasteiger partial charge in [0.2, 0.25) is 0 Å². The molecule has 0 atom stereocenters. The van der Waals surface area contributed by atoms with Crippen LogP contribution in [0.1, 0.15) is 79.4 Å². The second kappa shape index (κ2) is 25.4. The Kier molecular flexibility index (Phi) is 21.5. The van der Waals surface area contributed by atoms with Crippen LogP contribution in [0, 0.1) is 22.9 Å². The molecule has 5 aromatic carbocycles. The molecule has 0 N–H and O–H groups in total. The van der Waals surface area contributed by atoms with Crippen LogP contribution in [0.2, 0.25) is 34.3 Å². The van der Waals surface area contributed by atoms with E-state index in [0.717, 1.165) is 55.4 Å². The summed E-state index contributed by atoms with van der Waals surface area (Å²) >= 11 is 0. The molecule has 0 unspecified atom stereocenters. The second-order valence-corrected chi connectivity index (χ2v) is 35.2. The molecule has 0 radical (unpaired) electrons. The molecule has 0 nitrogen and oxygen atoms in total. The molecular weight excluding hydrogens is 1500 g/mol. The number of benzene rings is 5. The van der Waals surface area contributed by atoms with Crippen LogP contribution in [0.4, 0.5) is 167 Å². The summed E-state index contributed by atoms with van der Waals surface area (Å²) in [6.07, 6.45) is -39.9. The molecule has 0 aliphatic rings. The Morgan fingerprint density at radius 3 is 0.630 bits per heavy atom. The van der Waals surface area contributed by atoms with Crippen LogP contribution in [0.3, 0.4) is 0 Å². The third-order valence-corrected chi connectivity index (χ3v) is 29.6. The van der Waals surface area contributed by atoms with E-state index in [1.165, 1.54) is 72.8 Å². The largest absolute Gasteiger partial charge is 0.438 e. The molecular formula is C60H48F38Si2. The highest BCUT2D eigenvalue weighted by Crippen LogP contribution is 2.69. The first-order chi connectivity index (χ1) is 44.3. The Morgan fingerprint density at radius 2 is 0.450 bits per heavy atom. The van der Waals surface area contributed by atoms with Gasteiger partial charge in [-0.25, -0.2) is 8.78 Å². The fraction of sp³-hybridized carbons (Fsp3) is 0.567. The van der Waals surface area contributed by atoms with Crippen LogP contribution < -0.4 is 0 Å². The van der Waals surface area contributed by atoms with Gasteiger partial charge in [0.05, 0.1) is 0 Å². The van der Waals surface area contributed by atoms with Crippen molar-refractivity contribution in [1.82, 2.24) is 0 Å². The molecule has 0 fully saturated rings. The molecule has 0 spiro atoms. The summed E-state index contributed by atoms with van der Waals surface area (Å²) in [4.78, 5) is 0. The van der Waals surface area contributed by atoms with Crippen LogP contribution in [0.25, 0.3) is 43.1 Å². The lowest BCUT2D eigenvalue weighted by Crippen LogP contribution is -2.77. The summed E-state index contributed by atoms with van der Waals surface area (Å²) in [5, 5.41) is 0.341. The van der Waals surface area contributed by atoms with Gasteiger partial charge in [0, 0.05) is 24.0 Å². The van der Waals surface area contributed by atoms with E-state index in [1.807, 2.05) is 0 Å². The van der Waals surface area contributed by atoms with E-state index in [1.54, 1.807) is 0 Å². The van der Waals surface area contributed by atoms with Gasteiger partial charge in [-0.3, -0.25) is 0 Å². The van der Waals surface area contributed by atoms with Crippen molar-refractivity contribution >= 4 is 59.2 Å². The lowest BCUT2D eigenvalue weighted by molar-refractivity contribution is -0.472. The average Bonchev–Trinajstić information content (AvgIpc) is 0.690. The number of alkyl halides is 38. The minimum Gasteiger partial charge on any atom is -0.216 e. The summed E-state index contributed by atoms with van der Waals surface area (Å²) in [6, 6.07) is 13.2. The van der Waals surface area contributed by atoms with Gasteiger partial charge < -0.3 is 0 Å². The lowest BCUT2D eigenvalue weighted by Gasteiger charge is -2.45. The van der Waals surface area contributed by atoms with Gasteiger partial charge in [-0.2, -0.15) is 158 Å². The number of hydrogen-bond donors (Lipinski definition) is 0. The van der Waals surface area contributed by atoms with Crippen LogP contribution in [-0.4, -0.2) is 123 Å². The van der Waals surface area contributed by atoms with Gasteiger partial charge in [0.1, 0.15) is 16.1 Å². The molecule has 40 heteroatoms. The highest BCUT2D eigenvalue weighted by Gasteiger charge is 3.00. The van der Waals surface area contributed by atoms with E-state index >= 15 is 52.7 Å². The molecule has 0 bridgehead atoms. The van der Waals surface area contributed by atoms with Crippen molar-refractivity contribution in [2.24, 2.45) is 0 Å². The maximum absolute atomic E-state index is 15.9. The minimum absolute atomic E-state index is 0.146. The molecule has 0 aromatic heterocycles. The van der Waals surface area contributed by atoms with Gasteiger partial charge in [0.25, 0.3) is 0 Å². The first-order valence-corrected chi connectivity index (χ1v) is 33.1. The maximum Gasteiger partial charge on any atom is 0.438 e. The maximum atomic E-state index is 15.9. The number of fused-ring (bicyclic) bond motifs is 4. The van der Waals surface area contributed by atoms with Crippen LogP contribution in [0.5, 0.6) is 0 Å². The minimum atomic E-state index is -9.28. The zero-order valence-corrected chi connectivity index (χ0v) is 53.4. The normalized spacial score (nSPS) is 15.5. The standard InChI is InChI=1S/C60H48F38Si2/c1-29(2)99(30(3)4,23-19-43(61,62)47(67,68)51(75,76)55(83,84)53(79,80)49(71,72)45(65,57(87,88)89)58(90,91)92)21-17-37-39-25-33-13-9-11-15-35(33)27-41(39)38(42-28-36-16-12-10-14-34(36)26-40(37)42)18-22-100(31(5)6,32(7)8)24-20-44(63,64)48(69,70)52(77,78)56(85,86)54(81,82)50(73,74)46(66,59(93,94)95)60(96,97)98/h9-16,25-32H,19-20,23-24H2,1-8H3. The van der Waals surface area contributed by atoms with Gasteiger partial charge in [-0.05, 0) is 102 Å². The Hall–Kier alpha value is -5.97. The second-order valence-electron chi connectivity index (χ2n) is 24.9. The van der Waals surface area contributed by atoms with E-state index in [4.69, 9.17) is 0 Å². The highest BCUT2D eigenvalue weighted by molar-refractivity contribution is 6.90. The fourth-order valence-corrected chi connectivity index (χ4v) is 20.1. The Bertz CT molecular complexity index is 3580. The monoisotopic (exact) mass is 1550 g/mol. The van der Waals surface area contributed by atoms with Crippen molar-refractivity contribution in [3.05, 3.63) is 83.9 Å². The summed E-state index contributed by atoms with van der Waals surface area (Å²) in [6.45, 7) is 9.00. The zero-order chi connectivity index (χ0) is 78.2. The van der Waals surface area contributed by atoms with Crippen molar-refractivity contribution in [1.29, 1.82) is 0 Å². The topological polar surface area (TPSA) is 0 Å². The zero-order valence-electron chi connectivity index (χ0n) is 51.4. The van der Waals surface area contributed by atoms with E-state index in [-0.39, 0.29) is 54.2 Å². The molecule has 0 saturated carbocycles. The highest BCUT2D eigenvalue weighted by atomic mass is 28.3. The van der Waals surface area contributed by atoms with Crippen molar-refractivity contribution in [2.75, 3.05) is 0 Å².